The number of β-amino-alcohol motifs (C(OH)–C–C–N with tert-alkyl or cyclic N) is 1. The van der Waals surface area contributed by atoms with Gasteiger partial charge in [0.25, 0.3) is 0 Å². The summed E-state index contributed by atoms with van der Waals surface area (Å²) in [5.41, 5.74) is 0. The van der Waals surface area contributed by atoms with Crippen LogP contribution in [0.1, 0.15) is 34.1 Å². The summed E-state index contributed by atoms with van der Waals surface area (Å²) in [5, 5.41) is 10.0. The maximum Gasteiger partial charge on any atom is 0.0921 e. The Morgan fingerprint density at radius 3 is 2.53 bits per heavy atom. The molecule has 5 heteroatoms. The van der Waals surface area contributed by atoms with E-state index in [1.807, 2.05) is 0 Å². The average Bonchev–Trinajstić information content (AvgIpc) is 2.19. The van der Waals surface area contributed by atoms with E-state index in [0.29, 0.717) is 24.3 Å². The van der Waals surface area contributed by atoms with E-state index in [2.05, 4.69) is 37.3 Å². The van der Waals surface area contributed by atoms with Crippen LogP contribution in [-0.2, 0) is 11.0 Å². The summed E-state index contributed by atoms with van der Waals surface area (Å²) in [4.78, 5) is 2.26. The number of hydrogen-bond acceptors (Lipinski definition) is 3. The lowest BCUT2D eigenvalue weighted by Gasteiger charge is -2.38. The van der Waals surface area contributed by atoms with Crippen molar-refractivity contribution in [3.05, 3.63) is 0 Å². The highest BCUT2D eigenvalue weighted by atomic mass is 32.2. The Morgan fingerprint density at radius 1 is 1.41 bits per heavy atom. The Balaban J connectivity index is 2.39. The largest absolute Gasteiger partial charge is 0.390 e. The van der Waals surface area contributed by atoms with Crippen molar-refractivity contribution in [2.75, 3.05) is 18.8 Å². The van der Waals surface area contributed by atoms with Crippen molar-refractivity contribution in [2.24, 2.45) is 5.92 Å². The number of piperidine rings is 1. The van der Waals surface area contributed by atoms with E-state index >= 15 is 0 Å². The van der Waals surface area contributed by atoms with E-state index in [-0.39, 0.29) is 6.04 Å². The molecule has 0 aliphatic carbocycles. The monoisotopic (exact) mass is 262 g/mol. The summed E-state index contributed by atoms with van der Waals surface area (Å²) in [6.45, 7) is 10.0. The van der Waals surface area contributed by atoms with Gasteiger partial charge in [-0.25, -0.2) is 8.93 Å². The highest BCUT2D eigenvalue weighted by Gasteiger charge is 2.29. The first kappa shape index (κ1) is 15.1. The lowest BCUT2D eigenvalue weighted by molar-refractivity contribution is 0.0346. The van der Waals surface area contributed by atoms with Gasteiger partial charge in [-0.15, -0.1) is 0 Å². The number of nitrogens with zero attached hydrogens (tertiary/aromatic N) is 1. The van der Waals surface area contributed by atoms with Gasteiger partial charge in [0.05, 0.1) is 17.1 Å². The third kappa shape index (κ3) is 5.04. The first-order chi connectivity index (χ1) is 7.90. The molecule has 3 atom stereocenters. The zero-order chi connectivity index (χ0) is 13.0. The number of likely N-dealkylation sites (tertiary alicyclic amines) is 1. The zero-order valence-corrected chi connectivity index (χ0v) is 12.2. The normalized spacial score (nSPS) is 28.9. The third-order valence-corrected chi connectivity index (χ3v) is 4.65. The van der Waals surface area contributed by atoms with Crippen LogP contribution in [0.3, 0.4) is 0 Å². The van der Waals surface area contributed by atoms with Crippen molar-refractivity contribution < 1.29 is 9.32 Å². The molecule has 0 aromatic carbocycles. The second-order valence-corrected chi connectivity index (χ2v) is 6.84. The summed E-state index contributed by atoms with van der Waals surface area (Å²) in [6, 6.07) is 0.441. The molecule has 0 aromatic rings. The molecule has 1 fully saturated rings. The van der Waals surface area contributed by atoms with Gasteiger partial charge >= 0.3 is 0 Å². The molecule has 0 bridgehead atoms. The van der Waals surface area contributed by atoms with Crippen LogP contribution in [0.25, 0.3) is 0 Å². The summed E-state index contributed by atoms with van der Waals surface area (Å²) in [5.74, 6) is 1.06. The number of aliphatic hydroxyl groups excluding tert-OH is 1. The summed E-state index contributed by atoms with van der Waals surface area (Å²) >= 11 is 0. The minimum Gasteiger partial charge on any atom is -0.390 e. The molecule has 0 radical (unpaired) electrons. The van der Waals surface area contributed by atoms with Crippen LogP contribution < -0.4 is 4.72 Å². The van der Waals surface area contributed by atoms with E-state index in [1.54, 1.807) is 0 Å². The van der Waals surface area contributed by atoms with E-state index in [1.165, 1.54) is 0 Å². The predicted octanol–water partition coefficient (Wildman–Crippen LogP) is 0.739. The molecule has 2 N–H and O–H groups in total. The molecule has 0 spiro atoms. The average molecular weight is 262 g/mol. The Labute approximate surface area is 107 Å². The first-order valence-electron chi connectivity index (χ1n) is 6.46. The fourth-order valence-corrected chi connectivity index (χ4v) is 3.40. The molecule has 1 saturated heterocycles. The predicted molar refractivity (Wildman–Crippen MR) is 72.1 cm³/mol. The van der Waals surface area contributed by atoms with Gasteiger partial charge in [-0.2, -0.15) is 0 Å². The van der Waals surface area contributed by atoms with Crippen LogP contribution in [0.4, 0.5) is 0 Å². The van der Waals surface area contributed by atoms with Crippen LogP contribution in [0, 0.1) is 5.92 Å². The molecule has 3 unspecified atom stereocenters. The minimum absolute atomic E-state index is 0.0235. The van der Waals surface area contributed by atoms with Gasteiger partial charge in [-0.3, -0.25) is 4.90 Å². The third-order valence-electron chi connectivity index (χ3n) is 3.11. The van der Waals surface area contributed by atoms with Crippen LogP contribution in [0.15, 0.2) is 0 Å². The highest BCUT2D eigenvalue weighted by molar-refractivity contribution is 7.83. The van der Waals surface area contributed by atoms with Gasteiger partial charge in [0, 0.05) is 30.9 Å². The summed E-state index contributed by atoms with van der Waals surface area (Å²) < 4.78 is 14.8. The van der Waals surface area contributed by atoms with E-state index < -0.39 is 17.1 Å². The van der Waals surface area contributed by atoms with Gasteiger partial charge in [-0.1, -0.05) is 13.8 Å². The number of hydrogen-bond donors (Lipinski definition) is 2. The maximum atomic E-state index is 11.8. The molecular weight excluding hydrogens is 236 g/mol. The number of nitrogens with one attached hydrogen (secondary N) is 1. The van der Waals surface area contributed by atoms with Gasteiger partial charge in [0.2, 0.25) is 0 Å². The van der Waals surface area contributed by atoms with Gasteiger partial charge in [0.1, 0.15) is 0 Å². The molecule has 4 nitrogen and oxygen atoms in total. The van der Waals surface area contributed by atoms with Crippen LogP contribution in [-0.4, -0.2) is 51.2 Å². The molecule has 1 aliphatic heterocycles. The van der Waals surface area contributed by atoms with Gasteiger partial charge in [0.15, 0.2) is 0 Å². The molecule has 0 saturated carbocycles. The lowest BCUT2D eigenvalue weighted by Crippen LogP contribution is -2.54. The molecule has 1 rings (SSSR count). The van der Waals surface area contributed by atoms with Crippen LogP contribution in [0.5, 0.6) is 0 Å². The zero-order valence-electron chi connectivity index (χ0n) is 11.3. The Morgan fingerprint density at radius 2 is 2.06 bits per heavy atom. The van der Waals surface area contributed by atoms with Crippen molar-refractivity contribution in [1.82, 2.24) is 9.62 Å². The standard InChI is InChI=1S/C12H26N2O2S/c1-9(2)8-17(16)13-11-5-6-14(10(3)4)7-12(11)15/h9-13,15H,5-8H2,1-4H3. The van der Waals surface area contributed by atoms with Crippen LogP contribution in [0.2, 0.25) is 0 Å². The second-order valence-electron chi connectivity index (χ2n) is 5.58. The Kier molecular flexibility index (Phi) is 6.06. The van der Waals surface area contributed by atoms with Crippen LogP contribution >= 0.6 is 0 Å². The van der Waals surface area contributed by atoms with Crippen molar-refractivity contribution in [2.45, 2.75) is 52.3 Å². The molecular formula is C12H26N2O2S. The Hall–Kier alpha value is 0.0300. The molecule has 0 amide bonds. The van der Waals surface area contributed by atoms with E-state index in [9.17, 15) is 9.32 Å². The number of rotatable bonds is 5. The molecule has 1 aliphatic rings. The minimum atomic E-state index is -1.02. The topological polar surface area (TPSA) is 52.6 Å². The SMILES string of the molecule is CC(C)CS(=O)NC1CCN(C(C)C)CC1O. The first-order valence-corrected chi connectivity index (χ1v) is 7.78. The molecule has 17 heavy (non-hydrogen) atoms. The summed E-state index contributed by atoms with van der Waals surface area (Å²) in [7, 11) is -1.02. The lowest BCUT2D eigenvalue weighted by atomic mass is 10.0. The fraction of sp³-hybridized carbons (Fsp3) is 1.00. The Bertz CT molecular complexity index is 259. The van der Waals surface area contributed by atoms with Crippen molar-refractivity contribution in [3.63, 3.8) is 0 Å². The molecule has 0 aromatic heterocycles. The van der Waals surface area contributed by atoms with Gasteiger partial charge in [-0.05, 0) is 26.2 Å². The van der Waals surface area contributed by atoms with Crippen molar-refractivity contribution in [3.8, 4) is 0 Å². The highest BCUT2D eigenvalue weighted by Crippen LogP contribution is 2.14. The van der Waals surface area contributed by atoms with Crippen molar-refractivity contribution >= 4 is 11.0 Å². The smallest absolute Gasteiger partial charge is 0.0921 e. The fourth-order valence-electron chi connectivity index (χ4n) is 2.08. The molecule has 1 heterocycles. The quantitative estimate of drug-likeness (QED) is 0.768. The maximum absolute atomic E-state index is 11.8. The second kappa shape index (κ2) is 6.83. The van der Waals surface area contributed by atoms with Crippen molar-refractivity contribution in [1.29, 1.82) is 0 Å². The molecule has 102 valence electrons. The number of aliphatic hydroxyl groups is 1. The summed E-state index contributed by atoms with van der Waals surface area (Å²) in [6.07, 6.45) is 0.450. The van der Waals surface area contributed by atoms with Gasteiger partial charge < -0.3 is 5.11 Å². The van der Waals surface area contributed by atoms with E-state index in [0.717, 1.165) is 13.0 Å². The van der Waals surface area contributed by atoms with E-state index in [4.69, 9.17) is 0 Å².